The van der Waals surface area contributed by atoms with Crippen molar-refractivity contribution in [2.75, 3.05) is 20.6 Å². The molecule has 0 bridgehead atoms. The fraction of sp³-hybridized carbons (Fsp3) is 0.522. The van der Waals surface area contributed by atoms with Gasteiger partial charge in [0.1, 0.15) is 40.6 Å². The lowest BCUT2D eigenvalue weighted by atomic mass is 10.0. The van der Waals surface area contributed by atoms with E-state index in [1.165, 1.54) is 19.0 Å². The average Bonchev–Trinajstić information content (AvgIpc) is 3.45. The van der Waals surface area contributed by atoms with Gasteiger partial charge in [0.05, 0.1) is 23.3 Å². The molecule has 0 radical (unpaired) electrons. The topological polar surface area (TPSA) is 207 Å². The summed E-state index contributed by atoms with van der Waals surface area (Å²) in [6.45, 7) is 11.0. The van der Waals surface area contributed by atoms with Gasteiger partial charge in [0.25, 0.3) is 11.9 Å². The number of aryl methyl sites for hydroxylation is 1. The minimum atomic E-state index is -4.20. The molecule has 2 aliphatic heterocycles. The van der Waals surface area contributed by atoms with E-state index < -0.39 is 69.3 Å². The summed E-state index contributed by atoms with van der Waals surface area (Å²) in [5.41, 5.74) is 1.52. The molecule has 0 spiro atoms. The van der Waals surface area contributed by atoms with E-state index in [9.17, 15) is 27.6 Å². The number of nitrogens with one attached hydrogen (secondary N) is 3. The Hall–Kier alpha value is -5.75. The van der Waals surface area contributed by atoms with Crippen LogP contribution in [0.15, 0.2) is 65.1 Å². The average molecular weight is 901 g/mol. The first-order valence-electron chi connectivity index (χ1n) is 22.0. The van der Waals surface area contributed by atoms with Crippen LogP contribution in [0.5, 0.6) is 6.01 Å². The number of para-hydroxylation sites is 1. The number of hydrogen-bond acceptors (Lipinski definition) is 11. The molecule has 2 aromatic carbocycles. The Morgan fingerprint density at radius 2 is 1.80 bits per heavy atom. The summed E-state index contributed by atoms with van der Waals surface area (Å²) in [5, 5.41) is 5.64. The standard InChI is InChI=1S/C46H60N8O9S/c1-28(2)54-36-23-17-21-33(40-47-35(29(3)61-40)24-30-18-13-12-14-19-30)38(36)49-43(54)62-32-25-37-39(55)50-46(42(57)51-64(59,60)52(7)8)26-31(46)20-15-10-9-11-16-22-34(41(56)53(37)27-32)48-44(58)63-45(4,5)6/h12-15,17-21,23,28,31-32,34,37H,9-11,16,22,24-27H2,1-8H3,(H,48,58)(H,50,55)(H,51,57). The molecular formula is C46H60N8O9S. The molecule has 1 aliphatic carbocycles. The molecule has 2 aromatic heterocycles. The number of aromatic nitrogens is 3. The fourth-order valence-corrected chi connectivity index (χ4v) is 9.01. The van der Waals surface area contributed by atoms with E-state index in [1.807, 2.05) is 86.0 Å². The van der Waals surface area contributed by atoms with Crippen molar-refractivity contribution in [2.45, 2.75) is 128 Å². The number of fused-ring (bicyclic) bond motifs is 3. The van der Waals surface area contributed by atoms with Gasteiger partial charge in [-0.05, 0) is 84.9 Å². The zero-order valence-electron chi connectivity index (χ0n) is 37.8. The van der Waals surface area contributed by atoms with Crippen molar-refractivity contribution in [1.29, 1.82) is 0 Å². The van der Waals surface area contributed by atoms with Gasteiger partial charge in [-0.3, -0.25) is 19.0 Å². The molecule has 18 heteroatoms. The summed E-state index contributed by atoms with van der Waals surface area (Å²) in [6, 6.07) is 13.7. The van der Waals surface area contributed by atoms with E-state index >= 15 is 0 Å². The monoisotopic (exact) mass is 900 g/mol. The molecule has 4 heterocycles. The number of benzene rings is 2. The minimum absolute atomic E-state index is 0.000863. The van der Waals surface area contributed by atoms with Gasteiger partial charge < -0.3 is 29.4 Å². The highest BCUT2D eigenvalue weighted by molar-refractivity contribution is 7.87. The Morgan fingerprint density at radius 1 is 1.05 bits per heavy atom. The van der Waals surface area contributed by atoms with Gasteiger partial charge >= 0.3 is 16.3 Å². The molecule has 17 nitrogen and oxygen atoms in total. The number of imidazole rings is 1. The van der Waals surface area contributed by atoms with Crippen LogP contribution in [0.1, 0.15) is 103 Å². The lowest BCUT2D eigenvalue weighted by molar-refractivity contribution is -0.141. The van der Waals surface area contributed by atoms with Crippen LogP contribution in [0.25, 0.3) is 22.5 Å². The van der Waals surface area contributed by atoms with Gasteiger partial charge in [-0.25, -0.2) is 14.5 Å². The van der Waals surface area contributed by atoms with Crippen LogP contribution in [0, 0.1) is 12.8 Å². The number of carbonyl (C=O) groups excluding carboxylic acids is 4. The maximum Gasteiger partial charge on any atom is 0.408 e. The van der Waals surface area contributed by atoms with Gasteiger partial charge in [-0.15, -0.1) is 0 Å². The van der Waals surface area contributed by atoms with Crippen molar-refractivity contribution in [2.24, 2.45) is 5.92 Å². The summed E-state index contributed by atoms with van der Waals surface area (Å²) >= 11 is 0. The number of ether oxygens (including phenoxy) is 2. The van der Waals surface area contributed by atoms with E-state index in [0.29, 0.717) is 42.0 Å². The molecule has 2 fully saturated rings. The van der Waals surface area contributed by atoms with E-state index in [2.05, 4.69) is 15.4 Å². The maximum absolute atomic E-state index is 14.7. The van der Waals surface area contributed by atoms with Crippen LogP contribution >= 0.6 is 0 Å². The van der Waals surface area contributed by atoms with Crippen molar-refractivity contribution in [1.82, 2.24) is 39.1 Å². The van der Waals surface area contributed by atoms with Crippen LogP contribution < -0.4 is 20.1 Å². The molecule has 4 aromatic rings. The zero-order chi connectivity index (χ0) is 46.1. The number of allylic oxidation sites excluding steroid dienone is 1. The summed E-state index contributed by atoms with van der Waals surface area (Å²) in [6.07, 6.45) is 6.04. The highest BCUT2D eigenvalue weighted by Crippen LogP contribution is 2.46. The van der Waals surface area contributed by atoms with E-state index in [-0.39, 0.29) is 37.9 Å². The van der Waals surface area contributed by atoms with Gasteiger partial charge in [-0.2, -0.15) is 17.7 Å². The Labute approximate surface area is 374 Å². The number of hydrogen-bond donors (Lipinski definition) is 3. The van der Waals surface area contributed by atoms with Crippen molar-refractivity contribution in [3.05, 3.63) is 77.7 Å². The summed E-state index contributed by atoms with van der Waals surface area (Å²) in [4.78, 5) is 67.7. The zero-order valence-corrected chi connectivity index (χ0v) is 38.7. The number of alkyl carbamates (subject to hydrolysis) is 1. The quantitative estimate of drug-likeness (QED) is 0.164. The van der Waals surface area contributed by atoms with E-state index in [4.69, 9.17) is 23.9 Å². The smallest absolute Gasteiger partial charge is 0.408 e. The molecule has 1 saturated heterocycles. The third kappa shape index (κ3) is 10.1. The molecule has 4 amide bonds. The van der Waals surface area contributed by atoms with Crippen LogP contribution in [0.4, 0.5) is 4.79 Å². The van der Waals surface area contributed by atoms with Crippen molar-refractivity contribution in [3.8, 4) is 17.5 Å². The molecule has 64 heavy (non-hydrogen) atoms. The Bertz CT molecular complexity index is 2530. The largest absolute Gasteiger partial charge is 0.459 e. The summed E-state index contributed by atoms with van der Waals surface area (Å²) < 4.78 is 49.1. The molecular weight excluding hydrogens is 841 g/mol. The normalized spacial score (nSPS) is 23.2. The lowest BCUT2D eigenvalue weighted by Crippen LogP contribution is -2.58. The summed E-state index contributed by atoms with van der Waals surface area (Å²) in [5.74, 6) is -1.44. The first kappa shape index (κ1) is 46.2. The third-order valence-electron chi connectivity index (χ3n) is 11.9. The first-order valence-corrected chi connectivity index (χ1v) is 23.4. The second-order valence-corrected chi connectivity index (χ2v) is 20.3. The van der Waals surface area contributed by atoms with Crippen LogP contribution in [0.3, 0.4) is 0 Å². The molecule has 1 saturated carbocycles. The van der Waals surface area contributed by atoms with Crippen LogP contribution in [-0.2, 0) is 35.8 Å². The lowest BCUT2D eigenvalue weighted by Gasteiger charge is -2.30. The molecule has 3 N–H and O–H groups in total. The number of nitrogens with zero attached hydrogens (tertiary/aromatic N) is 5. The Kier molecular flexibility index (Phi) is 13.3. The third-order valence-corrected chi connectivity index (χ3v) is 13.3. The number of amides is 4. The second-order valence-electron chi connectivity index (χ2n) is 18.5. The second kappa shape index (κ2) is 18.4. The predicted octanol–water partition coefficient (Wildman–Crippen LogP) is 5.73. The van der Waals surface area contributed by atoms with Gasteiger partial charge in [0.15, 0.2) is 0 Å². The molecule has 5 atom stereocenters. The molecule has 344 valence electrons. The molecule has 7 rings (SSSR count). The highest BCUT2D eigenvalue weighted by atomic mass is 32.2. The molecule has 5 unspecified atom stereocenters. The van der Waals surface area contributed by atoms with Gasteiger partial charge in [-0.1, -0.05) is 61.4 Å². The van der Waals surface area contributed by atoms with Gasteiger partial charge in [0.2, 0.25) is 17.7 Å². The minimum Gasteiger partial charge on any atom is -0.459 e. The SMILES string of the molecule is Cc1oc(-c2cccc3c2nc(OC2CC4C(=O)NC5(C(=O)NS(=O)(=O)N(C)C)CC5C=CCCCCCC(NC(=O)OC(C)(C)C)C(=O)N4C2)n3C(C)C)nc1Cc1ccccc1. The predicted molar refractivity (Wildman–Crippen MR) is 239 cm³/mol. The van der Waals surface area contributed by atoms with Crippen LogP contribution in [-0.4, -0.2) is 106 Å². The fourth-order valence-electron chi connectivity index (χ4n) is 8.41. The van der Waals surface area contributed by atoms with Crippen LogP contribution in [0.2, 0.25) is 0 Å². The van der Waals surface area contributed by atoms with Crippen molar-refractivity contribution in [3.63, 3.8) is 0 Å². The first-order chi connectivity index (χ1) is 30.3. The molecule has 3 aliphatic rings. The summed E-state index contributed by atoms with van der Waals surface area (Å²) in [7, 11) is -1.61. The number of oxazole rings is 1. The maximum atomic E-state index is 14.7. The van der Waals surface area contributed by atoms with E-state index in [0.717, 1.165) is 33.9 Å². The highest BCUT2D eigenvalue weighted by Gasteiger charge is 2.62. The van der Waals surface area contributed by atoms with Gasteiger partial charge in [0, 0.05) is 38.9 Å². The number of carbonyl (C=O) groups is 4. The van der Waals surface area contributed by atoms with E-state index in [1.54, 1.807) is 20.8 Å². The Balaban J connectivity index is 1.22. The Morgan fingerprint density at radius 3 is 2.50 bits per heavy atom. The van der Waals surface area contributed by atoms with Crippen molar-refractivity contribution < 1.29 is 41.5 Å². The number of rotatable bonds is 10. The van der Waals surface area contributed by atoms with Crippen molar-refractivity contribution >= 4 is 45.1 Å².